The van der Waals surface area contributed by atoms with E-state index >= 15 is 0 Å². The number of aryl methyl sites for hydroxylation is 1. The third-order valence-corrected chi connectivity index (χ3v) is 6.12. The maximum atomic E-state index is 12.7. The molecule has 8 heteroatoms. The lowest BCUT2D eigenvalue weighted by atomic mass is 10.0. The summed E-state index contributed by atoms with van der Waals surface area (Å²) in [6, 6.07) is 0.964. The number of aromatic nitrogens is 4. The molecule has 0 aromatic carbocycles. The Morgan fingerprint density at radius 3 is 2.77 bits per heavy atom. The Labute approximate surface area is 152 Å². The number of nitrogens with zero attached hydrogens (tertiary/aromatic N) is 7. The van der Waals surface area contributed by atoms with E-state index in [4.69, 9.17) is 0 Å². The standard InChI is InChI=1S/C18H25N7O/c1-3-15-20-21-17-16(19-7-9-25(15)17)23-10-13(11-23)22(2)14-6-8-24(18(14)26)12-4-5-12/h7,9,12-14H,3-6,8,10-11H2,1-2H3. The van der Waals surface area contributed by atoms with Crippen LogP contribution >= 0.6 is 0 Å². The molecule has 3 aliphatic rings. The monoisotopic (exact) mass is 355 g/mol. The quantitative estimate of drug-likeness (QED) is 0.781. The van der Waals surface area contributed by atoms with E-state index in [1.807, 2.05) is 16.8 Å². The van der Waals surface area contributed by atoms with Crippen molar-refractivity contribution in [3.63, 3.8) is 0 Å². The first-order valence-corrected chi connectivity index (χ1v) is 9.63. The third-order valence-electron chi connectivity index (χ3n) is 6.12. The van der Waals surface area contributed by atoms with E-state index < -0.39 is 0 Å². The fraction of sp³-hybridized carbons (Fsp3) is 0.667. The molecule has 0 spiro atoms. The number of carbonyl (C=O) groups excluding carboxylic acids is 1. The maximum absolute atomic E-state index is 12.7. The van der Waals surface area contributed by atoms with Crippen molar-refractivity contribution in [3.05, 3.63) is 18.2 Å². The van der Waals surface area contributed by atoms with Crippen LogP contribution in [-0.2, 0) is 11.2 Å². The van der Waals surface area contributed by atoms with Gasteiger partial charge in [0, 0.05) is 50.5 Å². The summed E-state index contributed by atoms with van der Waals surface area (Å²) in [5, 5.41) is 8.58. The molecule has 138 valence electrons. The highest BCUT2D eigenvalue weighted by Gasteiger charge is 2.45. The number of rotatable bonds is 5. The SMILES string of the molecule is CCc1nnc2c(N3CC(N(C)C4CCN(C5CC5)C4=O)C3)nccn12. The molecule has 0 radical (unpaired) electrons. The topological polar surface area (TPSA) is 69.9 Å². The van der Waals surface area contributed by atoms with Crippen LogP contribution in [0, 0.1) is 0 Å². The number of anilines is 1. The Morgan fingerprint density at radius 1 is 1.23 bits per heavy atom. The second-order valence-electron chi connectivity index (χ2n) is 7.71. The molecule has 3 fully saturated rings. The number of likely N-dealkylation sites (tertiary alicyclic amines) is 1. The van der Waals surface area contributed by atoms with Crippen LogP contribution in [0.1, 0.15) is 32.0 Å². The largest absolute Gasteiger partial charge is 0.350 e. The van der Waals surface area contributed by atoms with Gasteiger partial charge < -0.3 is 9.80 Å². The summed E-state index contributed by atoms with van der Waals surface area (Å²) in [6.07, 6.45) is 7.92. The van der Waals surface area contributed by atoms with Crippen LogP contribution in [0.25, 0.3) is 5.65 Å². The lowest BCUT2D eigenvalue weighted by Crippen LogP contribution is -2.62. The zero-order chi connectivity index (χ0) is 17.8. The van der Waals surface area contributed by atoms with Gasteiger partial charge >= 0.3 is 0 Å². The Bertz CT molecular complexity index is 839. The number of hydrogen-bond donors (Lipinski definition) is 0. The van der Waals surface area contributed by atoms with E-state index in [-0.39, 0.29) is 6.04 Å². The van der Waals surface area contributed by atoms with Crippen LogP contribution in [0.3, 0.4) is 0 Å². The molecular formula is C18H25N7O. The predicted octanol–water partition coefficient (Wildman–Crippen LogP) is 0.570. The third kappa shape index (κ3) is 2.39. The smallest absolute Gasteiger partial charge is 0.240 e. The van der Waals surface area contributed by atoms with E-state index in [1.165, 1.54) is 12.8 Å². The van der Waals surface area contributed by atoms with Crippen molar-refractivity contribution in [2.45, 2.75) is 50.7 Å². The minimum atomic E-state index is 0.0475. The lowest BCUT2D eigenvalue weighted by Gasteiger charge is -2.46. The van der Waals surface area contributed by atoms with Gasteiger partial charge in [-0.3, -0.25) is 14.1 Å². The van der Waals surface area contributed by atoms with Crippen LogP contribution in [-0.4, -0.2) is 80.1 Å². The maximum Gasteiger partial charge on any atom is 0.240 e. The fourth-order valence-corrected chi connectivity index (χ4v) is 4.28. The van der Waals surface area contributed by atoms with Gasteiger partial charge in [-0.2, -0.15) is 0 Å². The van der Waals surface area contributed by atoms with Gasteiger partial charge in [-0.05, 0) is 26.3 Å². The summed E-state index contributed by atoms with van der Waals surface area (Å²) in [7, 11) is 2.10. The molecular weight excluding hydrogens is 330 g/mol. The normalized spacial score (nSPS) is 24.1. The zero-order valence-electron chi connectivity index (χ0n) is 15.4. The summed E-state index contributed by atoms with van der Waals surface area (Å²) in [5.74, 6) is 2.18. The van der Waals surface area contributed by atoms with Crippen molar-refractivity contribution >= 4 is 17.4 Å². The lowest BCUT2D eigenvalue weighted by molar-refractivity contribution is -0.133. The molecule has 4 heterocycles. The van der Waals surface area contributed by atoms with Gasteiger partial charge in [0.25, 0.3) is 0 Å². The molecule has 5 rings (SSSR count). The Balaban J connectivity index is 1.27. The van der Waals surface area contributed by atoms with Gasteiger partial charge in [-0.1, -0.05) is 6.92 Å². The Morgan fingerprint density at radius 2 is 2.04 bits per heavy atom. The molecule has 26 heavy (non-hydrogen) atoms. The van der Waals surface area contributed by atoms with Gasteiger partial charge in [-0.25, -0.2) is 4.98 Å². The van der Waals surface area contributed by atoms with Crippen molar-refractivity contribution in [3.8, 4) is 0 Å². The van der Waals surface area contributed by atoms with Gasteiger partial charge in [0.05, 0.1) is 6.04 Å². The van der Waals surface area contributed by atoms with Gasteiger partial charge in [0.2, 0.25) is 11.6 Å². The number of carbonyl (C=O) groups is 1. The summed E-state index contributed by atoms with van der Waals surface area (Å²) in [6.45, 7) is 4.76. The minimum Gasteiger partial charge on any atom is -0.350 e. The van der Waals surface area contributed by atoms with Crippen LogP contribution in [0.5, 0.6) is 0 Å². The van der Waals surface area contributed by atoms with Crippen molar-refractivity contribution < 1.29 is 4.79 Å². The first-order valence-electron chi connectivity index (χ1n) is 9.63. The fourth-order valence-electron chi connectivity index (χ4n) is 4.28. The second kappa shape index (κ2) is 5.90. The van der Waals surface area contributed by atoms with Crippen LogP contribution in [0.15, 0.2) is 12.4 Å². The number of hydrogen-bond acceptors (Lipinski definition) is 6. The molecule has 1 amide bonds. The summed E-state index contributed by atoms with van der Waals surface area (Å²) < 4.78 is 2.02. The highest BCUT2D eigenvalue weighted by atomic mass is 16.2. The van der Waals surface area contributed by atoms with E-state index in [0.29, 0.717) is 18.0 Å². The molecule has 8 nitrogen and oxygen atoms in total. The molecule has 0 N–H and O–H groups in total. The van der Waals surface area contributed by atoms with Gasteiger partial charge in [0.15, 0.2) is 5.82 Å². The number of fused-ring (bicyclic) bond motifs is 1. The molecule has 2 aromatic heterocycles. The summed E-state index contributed by atoms with van der Waals surface area (Å²) in [4.78, 5) is 23.8. The highest BCUT2D eigenvalue weighted by Crippen LogP contribution is 2.33. The molecule has 1 unspecified atom stereocenters. The minimum absolute atomic E-state index is 0.0475. The van der Waals surface area contributed by atoms with Crippen molar-refractivity contribution in [1.82, 2.24) is 29.4 Å². The molecule has 2 aromatic rings. The van der Waals surface area contributed by atoms with Gasteiger partial charge in [-0.15, -0.1) is 10.2 Å². The number of likely N-dealkylation sites (N-methyl/N-ethyl adjacent to an activating group) is 1. The average Bonchev–Trinajstić information content (AvgIpc) is 3.24. The van der Waals surface area contributed by atoms with E-state index in [1.54, 1.807) is 0 Å². The molecule has 2 aliphatic heterocycles. The van der Waals surface area contributed by atoms with Crippen molar-refractivity contribution in [2.75, 3.05) is 31.6 Å². The average molecular weight is 355 g/mol. The van der Waals surface area contributed by atoms with E-state index in [2.05, 4.69) is 43.9 Å². The number of amides is 1. The van der Waals surface area contributed by atoms with Crippen LogP contribution < -0.4 is 4.90 Å². The van der Waals surface area contributed by atoms with Crippen LogP contribution in [0.2, 0.25) is 0 Å². The highest BCUT2D eigenvalue weighted by molar-refractivity contribution is 5.84. The first kappa shape index (κ1) is 16.0. The molecule has 1 saturated carbocycles. The molecule has 1 aliphatic carbocycles. The van der Waals surface area contributed by atoms with Crippen molar-refractivity contribution in [2.24, 2.45) is 0 Å². The molecule has 1 atom stereocenters. The van der Waals surface area contributed by atoms with Crippen molar-refractivity contribution in [1.29, 1.82) is 0 Å². The van der Waals surface area contributed by atoms with E-state index in [9.17, 15) is 4.79 Å². The van der Waals surface area contributed by atoms with E-state index in [0.717, 1.165) is 49.8 Å². The van der Waals surface area contributed by atoms with Crippen LogP contribution in [0.4, 0.5) is 5.82 Å². The summed E-state index contributed by atoms with van der Waals surface area (Å²) in [5.41, 5.74) is 0.822. The summed E-state index contributed by atoms with van der Waals surface area (Å²) >= 11 is 0. The predicted molar refractivity (Wildman–Crippen MR) is 97.1 cm³/mol. The molecule has 2 saturated heterocycles. The van der Waals surface area contributed by atoms with Gasteiger partial charge in [0.1, 0.15) is 5.82 Å². The second-order valence-corrected chi connectivity index (χ2v) is 7.71. The Hall–Kier alpha value is -2.22. The molecule has 0 bridgehead atoms. The zero-order valence-corrected chi connectivity index (χ0v) is 15.4. The first-order chi connectivity index (χ1) is 12.7. The Kier molecular flexibility index (Phi) is 3.63.